The highest BCUT2D eigenvalue weighted by Gasteiger charge is 2.18. The number of allylic oxidation sites excluding steroid dienone is 1. The molecule has 29 heavy (non-hydrogen) atoms. The standard InChI is InChI=1S/C20H27N5O3S/c1-6-10-25-16(12-28-15-9-7-8-14(2)11-15)23-24-19(25)29-13-17(26)21-18(27)22-20(3,4)5/h6-9,11H,1,10,12-13H2,2-5H3,(H2,21,22,26,27). The number of hydrogen-bond donors (Lipinski definition) is 2. The molecule has 0 spiro atoms. The number of urea groups is 1. The number of rotatable bonds is 8. The minimum Gasteiger partial charge on any atom is -0.486 e. The first-order valence-corrected chi connectivity index (χ1v) is 10.1. The summed E-state index contributed by atoms with van der Waals surface area (Å²) in [6.07, 6.45) is 1.72. The van der Waals surface area contributed by atoms with E-state index >= 15 is 0 Å². The van der Waals surface area contributed by atoms with Crippen LogP contribution in [0.1, 0.15) is 32.2 Å². The lowest BCUT2D eigenvalue weighted by molar-refractivity contribution is -0.117. The van der Waals surface area contributed by atoms with Gasteiger partial charge in [-0.1, -0.05) is 30.0 Å². The van der Waals surface area contributed by atoms with E-state index in [1.54, 1.807) is 6.08 Å². The van der Waals surface area contributed by atoms with E-state index < -0.39 is 17.5 Å². The van der Waals surface area contributed by atoms with Crippen LogP contribution in [0.5, 0.6) is 5.75 Å². The number of imide groups is 1. The van der Waals surface area contributed by atoms with E-state index in [1.165, 1.54) is 11.8 Å². The van der Waals surface area contributed by atoms with E-state index in [1.807, 2.05) is 56.5 Å². The highest BCUT2D eigenvalue weighted by Crippen LogP contribution is 2.19. The summed E-state index contributed by atoms with van der Waals surface area (Å²) < 4.78 is 7.63. The van der Waals surface area contributed by atoms with Crippen LogP contribution in [0.15, 0.2) is 42.1 Å². The first-order valence-electron chi connectivity index (χ1n) is 9.15. The van der Waals surface area contributed by atoms with Crippen molar-refractivity contribution in [3.63, 3.8) is 0 Å². The average molecular weight is 418 g/mol. The zero-order valence-electron chi connectivity index (χ0n) is 17.2. The number of amides is 3. The Morgan fingerprint density at radius 1 is 1.31 bits per heavy atom. The van der Waals surface area contributed by atoms with Gasteiger partial charge in [0.1, 0.15) is 12.4 Å². The van der Waals surface area contributed by atoms with E-state index in [0.717, 1.165) is 11.3 Å². The summed E-state index contributed by atoms with van der Waals surface area (Å²) in [6, 6.07) is 7.22. The Balaban J connectivity index is 1.96. The van der Waals surface area contributed by atoms with Gasteiger partial charge >= 0.3 is 6.03 Å². The average Bonchev–Trinajstić information content (AvgIpc) is 2.99. The van der Waals surface area contributed by atoms with Gasteiger partial charge in [0, 0.05) is 12.1 Å². The predicted molar refractivity (Wildman–Crippen MR) is 113 cm³/mol. The lowest BCUT2D eigenvalue weighted by atomic mass is 10.1. The smallest absolute Gasteiger partial charge is 0.321 e. The molecule has 1 aromatic heterocycles. The molecule has 156 valence electrons. The number of thioether (sulfide) groups is 1. The van der Waals surface area contributed by atoms with Crippen LogP contribution in [0.2, 0.25) is 0 Å². The van der Waals surface area contributed by atoms with Crippen molar-refractivity contribution in [3.05, 3.63) is 48.3 Å². The summed E-state index contributed by atoms with van der Waals surface area (Å²) in [5.41, 5.74) is 0.682. The van der Waals surface area contributed by atoms with Gasteiger partial charge in [-0.15, -0.1) is 16.8 Å². The summed E-state index contributed by atoms with van der Waals surface area (Å²) in [5.74, 6) is 0.991. The Morgan fingerprint density at radius 3 is 2.72 bits per heavy atom. The summed E-state index contributed by atoms with van der Waals surface area (Å²) in [6.45, 7) is 12.0. The second-order valence-corrected chi connectivity index (χ2v) is 8.39. The van der Waals surface area contributed by atoms with Crippen molar-refractivity contribution in [3.8, 4) is 5.75 Å². The lowest BCUT2D eigenvalue weighted by Crippen LogP contribution is -2.48. The fourth-order valence-electron chi connectivity index (χ4n) is 2.36. The van der Waals surface area contributed by atoms with Gasteiger partial charge in [0.2, 0.25) is 5.91 Å². The number of aryl methyl sites for hydroxylation is 1. The Morgan fingerprint density at radius 2 is 2.07 bits per heavy atom. The molecule has 1 aromatic carbocycles. The van der Waals surface area contributed by atoms with Crippen molar-refractivity contribution < 1.29 is 14.3 Å². The van der Waals surface area contributed by atoms with Crippen molar-refractivity contribution >= 4 is 23.7 Å². The first-order chi connectivity index (χ1) is 13.7. The second kappa shape index (κ2) is 10.1. The van der Waals surface area contributed by atoms with Crippen molar-refractivity contribution in [1.29, 1.82) is 0 Å². The van der Waals surface area contributed by atoms with Crippen LogP contribution >= 0.6 is 11.8 Å². The second-order valence-electron chi connectivity index (χ2n) is 7.44. The minimum absolute atomic E-state index is 0.0333. The zero-order valence-corrected chi connectivity index (χ0v) is 18.0. The number of nitrogens with zero attached hydrogens (tertiary/aromatic N) is 3. The molecular weight excluding hydrogens is 390 g/mol. The summed E-state index contributed by atoms with van der Waals surface area (Å²) in [7, 11) is 0. The quantitative estimate of drug-likeness (QED) is 0.506. The predicted octanol–water partition coefficient (Wildman–Crippen LogP) is 3.07. The van der Waals surface area contributed by atoms with Gasteiger partial charge in [0.05, 0.1) is 5.75 Å². The maximum absolute atomic E-state index is 12.0. The van der Waals surface area contributed by atoms with Crippen LogP contribution in [0.4, 0.5) is 4.79 Å². The monoisotopic (exact) mass is 417 g/mol. The number of carbonyl (C=O) groups is 2. The minimum atomic E-state index is -0.525. The molecule has 0 atom stereocenters. The van der Waals surface area contributed by atoms with Gasteiger partial charge < -0.3 is 10.1 Å². The van der Waals surface area contributed by atoms with Gasteiger partial charge in [0.15, 0.2) is 11.0 Å². The van der Waals surface area contributed by atoms with Crippen molar-refractivity contribution in [1.82, 2.24) is 25.4 Å². The van der Waals surface area contributed by atoms with Crippen LogP contribution in [-0.4, -0.2) is 38.0 Å². The molecule has 1 heterocycles. The fourth-order valence-corrected chi connectivity index (χ4v) is 3.13. The van der Waals surface area contributed by atoms with E-state index in [9.17, 15) is 9.59 Å². The fraction of sp³-hybridized carbons (Fsp3) is 0.400. The van der Waals surface area contributed by atoms with Crippen LogP contribution in [0.3, 0.4) is 0 Å². The molecule has 9 heteroatoms. The molecule has 0 unspecified atom stereocenters. The number of ether oxygens (including phenoxy) is 1. The molecule has 0 radical (unpaired) electrons. The molecule has 0 saturated heterocycles. The molecule has 0 bridgehead atoms. The van der Waals surface area contributed by atoms with Crippen LogP contribution < -0.4 is 15.4 Å². The number of hydrogen-bond acceptors (Lipinski definition) is 6. The molecular formula is C20H27N5O3S. The number of aromatic nitrogens is 3. The van der Waals surface area contributed by atoms with E-state index in [-0.39, 0.29) is 12.4 Å². The highest BCUT2D eigenvalue weighted by molar-refractivity contribution is 7.99. The molecule has 2 aromatic rings. The lowest BCUT2D eigenvalue weighted by Gasteiger charge is -2.20. The van der Waals surface area contributed by atoms with Crippen LogP contribution in [0.25, 0.3) is 0 Å². The topological polar surface area (TPSA) is 98.1 Å². The van der Waals surface area contributed by atoms with E-state index in [2.05, 4.69) is 27.4 Å². The third-order valence-electron chi connectivity index (χ3n) is 3.54. The van der Waals surface area contributed by atoms with Gasteiger partial charge in [-0.25, -0.2) is 4.79 Å². The largest absolute Gasteiger partial charge is 0.486 e. The maximum Gasteiger partial charge on any atom is 0.321 e. The van der Waals surface area contributed by atoms with Crippen molar-refractivity contribution in [2.75, 3.05) is 5.75 Å². The van der Waals surface area contributed by atoms with Crippen molar-refractivity contribution in [2.45, 2.75) is 51.5 Å². The Hall–Kier alpha value is -2.81. The molecule has 0 saturated carbocycles. The number of benzene rings is 1. The molecule has 0 aliphatic heterocycles. The normalized spacial score (nSPS) is 11.0. The SMILES string of the molecule is C=CCn1c(COc2cccc(C)c2)nnc1SCC(=O)NC(=O)NC(C)(C)C. The Bertz CT molecular complexity index is 873. The highest BCUT2D eigenvalue weighted by atomic mass is 32.2. The molecule has 2 rings (SSSR count). The van der Waals surface area contributed by atoms with Gasteiger partial charge in [0.25, 0.3) is 0 Å². The molecule has 2 N–H and O–H groups in total. The third-order valence-corrected chi connectivity index (χ3v) is 4.50. The third kappa shape index (κ3) is 7.61. The molecule has 8 nitrogen and oxygen atoms in total. The van der Waals surface area contributed by atoms with E-state index in [4.69, 9.17) is 4.74 Å². The summed E-state index contributed by atoms with van der Waals surface area (Å²) in [5, 5.41) is 13.8. The Kier molecular flexibility index (Phi) is 7.83. The van der Waals surface area contributed by atoms with Gasteiger partial charge in [-0.2, -0.15) is 0 Å². The molecule has 0 aliphatic rings. The number of nitrogens with one attached hydrogen (secondary N) is 2. The summed E-state index contributed by atoms with van der Waals surface area (Å²) >= 11 is 1.19. The zero-order chi connectivity index (χ0) is 21.4. The molecule has 0 aliphatic carbocycles. The van der Waals surface area contributed by atoms with Crippen LogP contribution in [-0.2, 0) is 17.9 Å². The maximum atomic E-state index is 12.0. The first kappa shape index (κ1) is 22.5. The number of carbonyl (C=O) groups excluding carboxylic acids is 2. The van der Waals surface area contributed by atoms with Crippen molar-refractivity contribution in [2.24, 2.45) is 0 Å². The molecule has 3 amide bonds. The Labute approximate surface area is 175 Å². The van der Waals surface area contributed by atoms with Gasteiger partial charge in [-0.05, 0) is 45.4 Å². The van der Waals surface area contributed by atoms with Gasteiger partial charge in [-0.3, -0.25) is 14.7 Å². The molecule has 0 fully saturated rings. The van der Waals surface area contributed by atoms with Crippen LogP contribution in [0, 0.1) is 6.92 Å². The van der Waals surface area contributed by atoms with E-state index in [0.29, 0.717) is 17.5 Å². The summed E-state index contributed by atoms with van der Waals surface area (Å²) in [4.78, 5) is 23.8.